The molecule has 2 aliphatic rings. The van der Waals surface area contributed by atoms with E-state index in [0.717, 1.165) is 25.2 Å². The molecule has 1 aliphatic carbocycles. The molecule has 5 rings (SSSR count). The smallest absolute Gasteiger partial charge is 0.261 e. The zero-order chi connectivity index (χ0) is 22.1. The van der Waals surface area contributed by atoms with Crippen LogP contribution in [0, 0.1) is 24.7 Å². The number of hydrogen-bond donors (Lipinski definition) is 2. The van der Waals surface area contributed by atoms with Crippen LogP contribution in [0.3, 0.4) is 0 Å². The molecule has 0 radical (unpaired) electrons. The highest BCUT2D eigenvalue weighted by molar-refractivity contribution is 5.90. The third-order valence-corrected chi connectivity index (χ3v) is 7.15. The molecule has 164 valence electrons. The van der Waals surface area contributed by atoms with E-state index >= 15 is 0 Å². The molecule has 4 heteroatoms. The first-order valence-corrected chi connectivity index (χ1v) is 11.5. The van der Waals surface area contributed by atoms with E-state index in [4.69, 9.17) is 0 Å². The second kappa shape index (κ2) is 8.53. The van der Waals surface area contributed by atoms with Crippen molar-refractivity contribution in [1.29, 1.82) is 0 Å². The van der Waals surface area contributed by atoms with Crippen LogP contribution in [0.25, 0.3) is 0 Å². The Bertz CT molecular complexity index is 1070. The fraction of sp³-hybridized carbons (Fsp3) is 0.321. The summed E-state index contributed by atoms with van der Waals surface area (Å²) in [7, 11) is 0. The molecule has 2 fully saturated rings. The summed E-state index contributed by atoms with van der Waals surface area (Å²) >= 11 is 0. The van der Waals surface area contributed by atoms with Gasteiger partial charge in [-0.15, -0.1) is 0 Å². The molecular weight excluding hydrogens is 396 g/mol. The number of rotatable bonds is 7. The van der Waals surface area contributed by atoms with Crippen molar-refractivity contribution in [1.82, 2.24) is 10.2 Å². The van der Waals surface area contributed by atoms with Gasteiger partial charge in [-0.25, -0.2) is 0 Å². The first-order valence-electron chi connectivity index (χ1n) is 11.5. The van der Waals surface area contributed by atoms with Gasteiger partial charge < -0.3 is 10.4 Å². The third-order valence-electron chi connectivity index (χ3n) is 7.15. The fourth-order valence-electron chi connectivity index (χ4n) is 5.33. The van der Waals surface area contributed by atoms with Crippen molar-refractivity contribution >= 4 is 5.91 Å². The van der Waals surface area contributed by atoms with E-state index in [1.54, 1.807) is 0 Å². The van der Waals surface area contributed by atoms with Crippen molar-refractivity contribution in [2.24, 2.45) is 17.8 Å². The molecule has 1 saturated carbocycles. The van der Waals surface area contributed by atoms with E-state index in [-0.39, 0.29) is 5.91 Å². The molecule has 0 aromatic heterocycles. The minimum Gasteiger partial charge on any atom is -0.372 e. The zero-order valence-corrected chi connectivity index (χ0v) is 18.4. The number of nitrogens with one attached hydrogen (secondary N) is 1. The predicted molar refractivity (Wildman–Crippen MR) is 126 cm³/mol. The summed E-state index contributed by atoms with van der Waals surface area (Å²) in [5.74, 6) is 1.44. The number of amides is 1. The Morgan fingerprint density at radius 1 is 0.938 bits per heavy atom. The molecule has 0 spiro atoms. The molecule has 1 heterocycles. The second-order valence-corrected chi connectivity index (χ2v) is 9.33. The quantitative estimate of drug-likeness (QED) is 0.605. The maximum atomic E-state index is 13.4. The number of hydrogen-bond acceptors (Lipinski definition) is 3. The van der Waals surface area contributed by atoms with Gasteiger partial charge in [0.05, 0.1) is 0 Å². The zero-order valence-electron chi connectivity index (χ0n) is 18.4. The molecule has 32 heavy (non-hydrogen) atoms. The van der Waals surface area contributed by atoms with Gasteiger partial charge in [0, 0.05) is 26.2 Å². The standard InChI is InChI=1S/C28H30N2O2/c1-20-9-8-14-23(15-20)28(32,22-12-6-3-7-13-22)27(31)29-16-24-25-18-30(19-26(24)25)17-21-10-4-2-5-11-21/h2-15,24-26,32H,16-19H2,1H3,(H,29,31)/t24?,25?,26?,28-/m0/s1. The average molecular weight is 427 g/mol. The Balaban J connectivity index is 1.23. The summed E-state index contributed by atoms with van der Waals surface area (Å²) < 4.78 is 0. The van der Waals surface area contributed by atoms with Crippen molar-refractivity contribution < 1.29 is 9.90 Å². The van der Waals surface area contributed by atoms with Crippen LogP contribution in [-0.2, 0) is 16.9 Å². The molecular formula is C28H30N2O2. The summed E-state index contributed by atoms with van der Waals surface area (Å²) in [6, 6.07) is 27.4. The molecule has 2 unspecified atom stereocenters. The summed E-state index contributed by atoms with van der Waals surface area (Å²) in [5.41, 5.74) is 1.86. The lowest BCUT2D eigenvalue weighted by Gasteiger charge is -2.29. The summed E-state index contributed by atoms with van der Waals surface area (Å²) in [6.07, 6.45) is 0. The highest BCUT2D eigenvalue weighted by atomic mass is 16.3. The number of fused-ring (bicyclic) bond motifs is 1. The molecule has 4 nitrogen and oxygen atoms in total. The van der Waals surface area contributed by atoms with E-state index in [1.165, 1.54) is 5.56 Å². The average Bonchev–Trinajstić information content (AvgIpc) is 3.28. The minimum atomic E-state index is -1.70. The number of nitrogens with zero attached hydrogens (tertiary/aromatic N) is 1. The maximum Gasteiger partial charge on any atom is 0.261 e. The van der Waals surface area contributed by atoms with Crippen LogP contribution in [-0.4, -0.2) is 35.5 Å². The van der Waals surface area contributed by atoms with Crippen molar-refractivity contribution in [3.8, 4) is 0 Å². The van der Waals surface area contributed by atoms with Crippen LogP contribution in [0.4, 0.5) is 0 Å². The summed E-state index contributed by atoms with van der Waals surface area (Å²) in [5, 5.41) is 14.8. The molecule has 2 N–H and O–H groups in total. The minimum absolute atomic E-state index is 0.347. The number of aliphatic hydroxyl groups is 1. The fourth-order valence-corrected chi connectivity index (χ4v) is 5.33. The van der Waals surface area contributed by atoms with E-state index in [1.807, 2.05) is 61.5 Å². The highest BCUT2D eigenvalue weighted by Gasteiger charge is 2.55. The lowest BCUT2D eigenvalue weighted by molar-refractivity contribution is -0.136. The Labute approximate surface area is 189 Å². The number of carbonyl (C=O) groups excluding carboxylic acids is 1. The van der Waals surface area contributed by atoms with Crippen LogP contribution in [0.2, 0.25) is 0 Å². The maximum absolute atomic E-state index is 13.4. The SMILES string of the molecule is Cc1cccc([C@](O)(C(=O)NCC2C3CN(Cc4ccccc4)CC23)c2ccccc2)c1. The van der Waals surface area contributed by atoms with Crippen LogP contribution >= 0.6 is 0 Å². The van der Waals surface area contributed by atoms with Crippen molar-refractivity contribution in [3.63, 3.8) is 0 Å². The van der Waals surface area contributed by atoms with E-state index in [9.17, 15) is 9.90 Å². The molecule has 3 aromatic carbocycles. The number of carbonyl (C=O) groups is 1. The van der Waals surface area contributed by atoms with E-state index < -0.39 is 5.60 Å². The van der Waals surface area contributed by atoms with Gasteiger partial charge in [0.15, 0.2) is 5.60 Å². The van der Waals surface area contributed by atoms with Gasteiger partial charge in [-0.1, -0.05) is 90.5 Å². The molecule has 0 bridgehead atoms. The topological polar surface area (TPSA) is 52.6 Å². The molecule has 1 aliphatic heterocycles. The number of benzene rings is 3. The van der Waals surface area contributed by atoms with Crippen molar-refractivity contribution in [2.45, 2.75) is 19.1 Å². The Morgan fingerprint density at radius 2 is 1.56 bits per heavy atom. The van der Waals surface area contributed by atoms with Gasteiger partial charge in [0.2, 0.25) is 0 Å². The third kappa shape index (κ3) is 3.96. The van der Waals surface area contributed by atoms with Crippen LogP contribution in [0.1, 0.15) is 22.3 Å². The second-order valence-electron chi connectivity index (χ2n) is 9.33. The first kappa shape index (κ1) is 20.9. The van der Waals surface area contributed by atoms with Crippen molar-refractivity contribution in [2.75, 3.05) is 19.6 Å². The molecule has 1 amide bonds. The van der Waals surface area contributed by atoms with Crippen LogP contribution in [0.15, 0.2) is 84.9 Å². The Morgan fingerprint density at radius 3 is 2.22 bits per heavy atom. The summed E-state index contributed by atoms with van der Waals surface area (Å²) in [4.78, 5) is 15.9. The van der Waals surface area contributed by atoms with Crippen LogP contribution < -0.4 is 5.32 Å². The lowest BCUT2D eigenvalue weighted by Crippen LogP contribution is -2.46. The van der Waals surface area contributed by atoms with Gasteiger partial charge in [0.25, 0.3) is 5.91 Å². The van der Waals surface area contributed by atoms with Crippen molar-refractivity contribution in [3.05, 3.63) is 107 Å². The first-order chi connectivity index (χ1) is 15.6. The number of aryl methyl sites for hydroxylation is 1. The number of likely N-dealkylation sites (tertiary alicyclic amines) is 1. The van der Waals surface area contributed by atoms with Gasteiger partial charge in [-0.2, -0.15) is 0 Å². The summed E-state index contributed by atoms with van der Waals surface area (Å²) in [6.45, 7) is 5.75. The Kier molecular flexibility index (Phi) is 5.58. The largest absolute Gasteiger partial charge is 0.372 e. The number of piperidine rings is 1. The highest BCUT2D eigenvalue weighted by Crippen LogP contribution is 2.51. The van der Waals surface area contributed by atoms with Gasteiger partial charge in [-0.05, 0) is 41.4 Å². The Hall–Kier alpha value is -2.95. The van der Waals surface area contributed by atoms with Gasteiger partial charge >= 0.3 is 0 Å². The van der Waals surface area contributed by atoms with Gasteiger partial charge in [0.1, 0.15) is 0 Å². The molecule has 3 atom stereocenters. The lowest BCUT2D eigenvalue weighted by atomic mass is 9.84. The van der Waals surface area contributed by atoms with E-state index in [2.05, 4.69) is 40.5 Å². The van der Waals surface area contributed by atoms with Gasteiger partial charge in [-0.3, -0.25) is 9.69 Å². The predicted octanol–water partition coefficient (Wildman–Crippen LogP) is 3.73. The molecule has 3 aromatic rings. The monoisotopic (exact) mass is 426 g/mol. The molecule has 1 saturated heterocycles. The van der Waals surface area contributed by atoms with E-state index in [0.29, 0.717) is 35.4 Å². The normalized spacial score (nSPS) is 23.9. The van der Waals surface area contributed by atoms with Crippen LogP contribution in [0.5, 0.6) is 0 Å².